The molecule has 136 valence electrons. The Morgan fingerprint density at radius 2 is 2.08 bits per heavy atom. The number of aromatic nitrogens is 5. The van der Waals surface area contributed by atoms with Gasteiger partial charge >= 0.3 is 5.69 Å². The minimum absolute atomic E-state index is 0.0914. The number of benzene rings is 1. The third kappa shape index (κ3) is 3.22. The fraction of sp³-hybridized carbons (Fsp3) is 0.421. The standard InChI is InChI=1S/C19H24N6O/c1-14-11-16(21-20-14)13-24-10-6-7-15(12-24)18-22-23(2)19(26)25(18)17-8-4-3-5-9-17/h3-5,8-9,11,15H,6-7,10,12-13H2,1-2H3,(H,20,21)/t15-/m1/s1. The molecule has 2 aromatic heterocycles. The maximum atomic E-state index is 12.6. The highest BCUT2D eigenvalue weighted by Crippen LogP contribution is 2.27. The second kappa shape index (κ2) is 6.92. The van der Waals surface area contributed by atoms with Crippen LogP contribution in [0.2, 0.25) is 0 Å². The van der Waals surface area contributed by atoms with E-state index in [1.807, 2.05) is 37.3 Å². The Balaban J connectivity index is 1.61. The number of piperidine rings is 1. The number of aromatic amines is 1. The molecule has 0 unspecified atom stereocenters. The van der Waals surface area contributed by atoms with E-state index in [9.17, 15) is 4.79 Å². The Kier molecular flexibility index (Phi) is 4.46. The molecule has 1 aliphatic heterocycles. The number of likely N-dealkylation sites (tertiary alicyclic amines) is 1. The van der Waals surface area contributed by atoms with Crippen LogP contribution in [0.5, 0.6) is 0 Å². The Labute approximate surface area is 152 Å². The third-order valence-corrected chi connectivity index (χ3v) is 4.98. The highest BCUT2D eigenvalue weighted by atomic mass is 16.2. The van der Waals surface area contributed by atoms with Crippen molar-refractivity contribution in [2.45, 2.75) is 32.2 Å². The van der Waals surface area contributed by atoms with E-state index in [0.29, 0.717) is 0 Å². The van der Waals surface area contributed by atoms with E-state index in [-0.39, 0.29) is 11.6 Å². The Bertz CT molecular complexity index is 939. The fourth-order valence-electron chi connectivity index (χ4n) is 3.76. The largest absolute Gasteiger partial charge is 0.350 e. The van der Waals surface area contributed by atoms with Crippen molar-refractivity contribution in [2.75, 3.05) is 13.1 Å². The average Bonchev–Trinajstić information content (AvgIpc) is 3.19. The van der Waals surface area contributed by atoms with Gasteiger partial charge in [0.25, 0.3) is 0 Å². The third-order valence-electron chi connectivity index (χ3n) is 4.98. The van der Waals surface area contributed by atoms with Crippen LogP contribution in [0, 0.1) is 6.92 Å². The van der Waals surface area contributed by atoms with Gasteiger partial charge in [0.15, 0.2) is 0 Å². The van der Waals surface area contributed by atoms with Gasteiger partial charge in [0.1, 0.15) is 5.82 Å². The van der Waals surface area contributed by atoms with Crippen molar-refractivity contribution in [1.82, 2.24) is 29.4 Å². The van der Waals surface area contributed by atoms with Crippen molar-refractivity contribution >= 4 is 0 Å². The lowest BCUT2D eigenvalue weighted by Crippen LogP contribution is -2.35. The summed E-state index contributed by atoms with van der Waals surface area (Å²) >= 11 is 0. The zero-order valence-electron chi connectivity index (χ0n) is 15.2. The SMILES string of the molecule is Cc1cc(CN2CCC[C@@H](c3nn(C)c(=O)n3-c3ccccc3)C2)n[nH]1. The molecular weight excluding hydrogens is 328 g/mol. The van der Waals surface area contributed by atoms with Gasteiger partial charge in [-0.1, -0.05) is 18.2 Å². The molecule has 1 saturated heterocycles. The fourth-order valence-corrected chi connectivity index (χ4v) is 3.76. The predicted molar refractivity (Wildman–Crippen MR) is 99.4 cm³/mol. The van der Waals surface area contributed by atoms with Crippen molar-refractivity contribution in [2.24, 2.45) is 7.05 Å². The van der Waals surface area contributed by atoms with E-state index in [1.165, 1.54) is 4.68 Å². The Morgan fingerprint density at radius 1 is 1.27 bits per heavy atom. The number of nitrogens with one attached hydrogen (secondary N) is 1. The molecule has 1 fully saturated rings. The normalized spacial score (nSPS) is 18.3. The van der Waals surface area contributed by atoms with Crippen molar-refractivity contribution < 1.29 is 0 Å². The van der Waals surface area contributed by atoms with Crippen molar-refractivity contribution in [3.63, 3.8) is 0 Å². The lowest BCUT2D eigenvalue weighted by molar-refractivity contribution is 0.193. The lowest BCUT2D eigenvalue weighted by atomic mass is 9.97. The van der Waals surface area contributed by atoms with Gasteiger partial charge in [-0.25, -0.2) is 14.0 Å². The molecule has 1 aromatic carbocycles. The van der Waals surface area contributed by atoms with Crippen LogP contribution in [-0.4, -0.2) is 42.5 Å². The topological polar surface area (TPSA) is 71.7 Å². The smallest absolute Gasteiger partial charge is 0.297 e. The number of H-pyrrole nitrogens is 1. The molecule has 0 saturated carbocycles. The molecule has 0 amide bonds. The van der Waals surface area contributed by atoms with Gasteiger partial charge in [-0.05, 0) is 44.5 Å². The quantitative estimate of drug-likeness (QED) is 0.779. The average molecular weight is 352 g/mol. The first-order valence-corrected chi connectivity index (χ1v) is 9.06. The van der Waals surface area contributed by atoms with Gasteiger partial charge in [0.2, 0.25) is 0 Å². The Morgan fingerprint density at radius 3 is 2.81 bits per heavy atom. The van der Waals surface area contributed by atoms with E-state index < -0.39 is 0 Å². The number of para-hydroxylation sites is 1. The summed E-state index contributed by atoms with van der Waals surface area (Å²) in [5, 5.41) is 11.9. The second-order valence-electron chi connectivity index (χ2n) is 7.05. The maximum absolute atomic E-state index is 12.6. The highest BCUT2D eigenvalue weighted by molar-refractivity contribution is 5.33. The first-order chi connectivity index (χ1) is 12.6. The summed E-state index contributed by atoms with van der Waals surface area (Å²) in [4.78, 5) is 15.0. The Hall–Kier alpha value is -2.67. The van der Waals surface area contributed by atoms with Crippen LogP contribution in [0.25, 0.3) is 5.69 Å². The summed E-state index contributed by atoms with van der Waals surface area (Å²) in [6, 6.07) is 11.9. The molecule has 7 heteroatoms. The van der Waals surface area contributed by atoms with Crippen LogP contribution in [-0.2, 0) is 13.6 Å². The molecule has 7 nitrogen and oxygen atoms in total. The number of hydrogen-bond donors (Lipinski definition) is 1. The van der Waals surface area contributed by atoms with E-state index >= 15 is 0 Å². The second-order valence-corrected chi connectivity index (χ2v) is 7.05. The maximum Gasteiger partial charge on any atom is 0.350 e. The van der Waals surface area contributed by atoms with Crippen molar-refractivity contribution in [3.05, 3.63) is 64.1 Å². The van der Waals surface area contributed by atoms with Crippen molar-refractivity contribution in [3.8, 4) is 5.69 Å². The molecule has 26 heavy (non-hydrogen) atoms. The number of nitrogens with zero attached hydrogens (tertiary/aromatic N) is 5. The molecule has 0 bridgehead atoms. The lowest BCUT2D eigenvalue weighted by Gasteiger charge is -2.31. The van der Waals surface area contributed by atoms with E-state index in [0.717, 1.165) is 55.4 Å². The molecule has 1 aliphatic rings. The van der Waals surface area contributed by atoms with Gasteiger partial charge in [0.05, 0.1) is 11.4 Å². The van der Waals surface area contributed by atoms with Crippen molar-refractivity contribution in [1.29, 1.82) is 0 Å². The van der Waals surface area contributed by atoms with Gasteiger partial charge in [0, 0.05) is 31.7 Å². The zero-order chi connectivity index (χ0) is 18.1. The van der Waals surface area contributed by atoms with Crippen LogP contribution in [0.1, 0.15) is 36.0 Å². The summed E-state index contributed by atoms with van der Waals surface area (Å²) < 4.78 is 3.20. The summed E-state index contributed by atoms with van der Waals surface area (Å²) in [6.07, 6.45) is 2.13. The molecule has 0 aliphatic carbocycles. The van der Waals surface area contributed by atoms with E-state index in [2.05, 4.69) is 26.3 Å². The van der Waals surface area contributed by atoms with Gasteiger partial charge in [-0.3, -0.25) is 10.00 Å². The molecule has 3 heterocycles. The van der Waals surface area contributed by atoms with Crippen LogP contribution in [0.4, 0.5) is 0 Å². The summed E-state index contributed by atoms with van der Waals surface area (Å²) in [5.41, 5.74) is 2.92. The molecule has 0 spiro atoms. The van der Waals surface area contributed by atoms with E-state index in [1.54, 1.807) is 11.6 Å². The van der Waals surface area contributed by atoms with Crippen LogP contribution in [0.15, 0.2) is 41.2 Å². The van der Waals surface area contributed by atoms with Crippen LogP contribution >= 0.6 is 0 Å². The van der Waals surface area contributed by atoms with Gasteiger partial charge in [-0.2, -0.15) is 10.2 Å². The van der Waals surface area contributed by atoms with Crippen LogP contribution in [0.3, 0.4) is 0 Å². The minimum Gasteiger partial charge on any atom is -0.297 e. The number of hydrogen-bond acceptors (Lipinski definition) is 4. The summed E-state index contributed by atoms with van der Waals surface area (Å²) in [5.74, 6) is 1.09. The molecule has 0 radical (unpaired) electrons. The molecule has 1 N–H and O–H groups in total. The molecule has 1 atom stereocenters. The van der Waals surface area contributed by atoms with E-state index in [4.69, 9.17) is 0 Å². The minimum atomic E-state index is -0.0914. The number of rotatable bonds is 4. The number of aryl methyl sites for hydroxylation is 2. The summed E-state index contributed by atoms with van der Waals surface area (Å²) in [6.45, 7) is 4.77. The van der Waals surface area contributed by atoms with Gasteiger partial charge < -0.3 is 0 Å². The predicted octanol–water partition coefficient (Wildman–Crippen LogP) is 1.98. The first kappa shape index (κ1) is 16.8. The molecule has 4 rings (SSSR count). The first-order valence-electron chi connectivity index (χ1n) is 9.06. The molecular formula is C19H24N6O. The molecule has 3 aromatic rings. The van der Waals surface area contributed by atoms with Gasteiger partial charge in [-0.15, -0.1) is 0 Å². The zero-order valence-corrected chi connectivity index (χ0v) is 15.2. The monoisotopic (exact) mass is 352 g/mol. The van der Waals surface area contributed by atoms with Crippen LogP contribution < -0.4 is 5.69 Å². The highest BCUT2D eigenvalue weighted by Gasteiger charge is 2.27. The summed E-state index contributed by atoms with van der Waals surface area (Å²) in [7, 11) is 1.72.